The van der Waals surface area contributed by atoms with Gasteiger partial charge in [-0.1, -0.05) is 165 Å². The Kier molecular flexibility index (Phi) is 38.9. The van der Waals surface area contributed by atoms with E-state index in [1.807, 2.05) is 0 Å². The Morgan fingerprint density at radius 3 is 1.54 bits per heavy atom. The van der Waals surface area contributed by atoms with Gasteiger partial charge < -0.3 is 34.3 Å². The lowest BCUT2D eigenvalue weighted by atomic mass is 9.99. The molecule has 1 fully saturated rings. The number of rotatable bonds is 43. The summed E-state index contributed by atoms with van der Waals surface area (Å²) < 4.78 is 59.2. The Bertz CT molecular complexity index is 1290. The zero-order valence-corrected chi connectivity index (χ0v) is 40.2. The van der Waals surface area contributed by atoms with E-state index in [0.29, 0.717) is 13.0 Å². The van der Waals surface area contributed by atoms with Crippen LogP contribution in [0.1, 0.15) is 200 Å². The zero-order valence-electron chi connectivity index (χ0n) is 39.4. The Labute approximate surface area is 383 Å². The van der Waals surface area contributed by atoms with Gasteiger partial charge in [0.15, 0.2) is 6.29 Å². The van der Waals surface area contributed by atoms with Gasteiger partial charge in [0.1, 0.15) is 30.5 Å². The Balaban J connectivity index is 2.39. The van der Waals surface area contributed by atoms with Gasteiger partial charge in [-0.05, 0) is 77.0 Å². The van der Waals surface area contributed by atoms with Crippen molar-refractivity contribution in [2.75, 3.05) is 26.4 Å². The van der Waals surface area contributed by atoms with Gasteiger partial charge in [0, 0.05) is 13.0 Å². The molecular formula is C50H90O12S. The van der Waals surface area contributed by atoms with E-state index < -0.39 is 59.8 Å². The molecule has 368 valence electrons. The summed E-state index contributed by atoms with van der Waals surface area (Å²) in [5.41, 5.74) is 0. The molecule has 6 atom stereocenters. The van der Waals surface area contributed by atoms with Crippen molar-refractivity contribution in [2.24, 2.45) is 0 Å². The van der Waals surface area contributed by atoms with Crippen molar-refractivity contribution in [3.05, 3.63) is 48.6 Å². The molecule has 63 heavy (non-hydrogen) atoms. The molecule has 1 aliphatic heterocycles. The van der Waals surface area contributed by atoms with E-state index in [1.165, 1.54) is 109 Å². The van der Waals surface area contributed by atoms with Crippen molar-refractivity contribution in [3.8, 4) is 0 Å². The molecule has 0 radical (unpaired) electrons. The topological polar surface area (TPSA) is 178 Å². The Hall–Kier alpha value is -1.94. The molecule has 0 aromatic carbocycles. The molecule has 0 aromatic rings. The van der Waals surface area contributed by atoms with Crippen LogP contribution in [0.3, 0.4) is 0 Å². The van der Waals surface area contributed by atoms with Crippen molar-refractivity contribution in [1.82, 2.24) is 0 Å². The molecule has 0 bridgehead atoms. The zero-order chi connectivity index (χ0) is 46.1. The van der Waals surface area contributed by atoms with Gasteiger partial charge in [0.2, 0.25) is 0 Å². The minimum absolute atomic E-state index is 0.0280. The maximum atomic E-state index is 12.9. The summed E-state index contributed by atoms with van der Waals surface area (Å²) in [6.07, 6.45) is 41.3. The lowest BCUT2D eigenvalue weighted by Crippen LogP contribution is -2.60. The number of carbonyl (C=O) groups excluding carboxylic acids is 1. The van der Waals surface area contributed by atoms with Crippen molar-refractivity contribution in [2.45, 2.75) is 237 Å². The molecule has 1 aliphatic rings. The third kappa shape index (κ3) is 35.0. The molecule has 0 aromatic heterocycles. The third-order valence-electron chi connectivity index (χ3n) is 11.2. The fourth-order valence-corrected chi connectivity index (χ4v) is 7.89. The summed E-state index contributed by atoms with van der Waals surface area (Å²) >= 11 is 0. The quantitative estimate of drug-likeness (QED) is 0.0197. The van der Waals surface area contributed by atoms with E-state index in [2.05, 4.69) is 66.6 Å². The van der Waals surface area contributed by atoms with Gasteiger partial charge in [0.25, 0.3) is 0 Å². The smallest absolute Gasteiger partial charge is 0.397 e. The van der Waals surface area contributed by atoms with E-state index in [1.54, 1.807) is 0 Å². The number of esters is 1. The summed E-state index contributed by atoms with van der Waals surface area (Å²) in [7, 11) is -5.07. The molecule has 0 aliphatic carbocycles. The number of aliphatic hydroxyl groups is 3. The average molecular weight is 915 g/mol. The van der Waals surface area contributed by atoms with Crippen molar-refractivity contribution < 1.29 is 56.2 Å². The van der Waals surface area contributed by atoms with Crippen LogP contribution in [0.15, 0.2) is 48.6 Å². The summed E-state index contributed by atoms with van der Waals surface area (Å²) in [6.45, 7) is 3.94. The molecule has 0 spiro atoms. The summed E-state index contributed by atoms with van der Waals surface area (Å²) in [4.78, 5) is 12.9. The summed E-state index contributed by atoms with van der Waals surface area (Å²) in [5.74, 6) is -0.409. The maximum Gasteiger partial charge on any atom is 0.397 e. The van der Waals surface area contributed by atoms with Crippen LogP contribution in [-0.4, -0.2) is 97.5 Å². The highest BCUT2D eigenvalue weighted by molar-refractivity contribution is 7.80. The molecule has 12 nitrogen and oxygen atoms in total. The van der Waals surface area contributed by atoms with E-state index in [-0.39, 0.29) is 19.6 Å². The maximum absolute atomic E-state index is 12.9. The highest BCUT2D eigenvalue weighted by atomic mass is 32.3. The number of carbonyl (C=O) groups is 1. The van der Waals surface area contributed by atoms with Gasteiger partial charge in [-0.3, -0.25) is 9.35 Å². The van der Waals surface area contributed by atoms with Gasteiger partial charge in [-0.15, -0.1) is 0 Å². The number of hydrogen-bond acceptors (Lipinski definition) is 11. The Morgan fingerprint density at radius 2 is 1.05 bits per heavy atom. The van der Waals surface area contributed by atoms with Crippen molar-refractivity contribution >= 4 is 16.4 Å². The van der Waals surface area contributed by atoms with E-state index in [4.69, 9.17) is 18.9 Å². The third-order valence-corrected chi connectivity index (χ3v) is 11.6. The molecule has 4 N–H and O–H groups in total. The fourth-order valence-electron chi connectivity index (χ4n) is 7.38. The molecule has 1 rings (SSSR count). The monoisotopic (exact) mass is 915 g/mol. The lowest BCUT2D eigenvalue weighted by Gasteiger charge is -2.41. The highest BCUT2D eigenvalue weighted by Gasteiger charge is 2.48. The van der Waals surface area contributed by atoms with E-state index in [0.717, 1.165) is 64.2 Å². The SMILES string of the molecule is CCCCC/C=C\C/C=C\CCCCCCCCCC(=O)OC(COCCCCCCCCCC/C=C\C/C=C\CCCCCC)COC1OC(CO)C(O)C(OS(=O)(=O)O)C1O. The van der Waals surface area contributed by atoms with Crippen LogP contribution >= 0.6 is 0 Å². The van der Waals surface area contributed by atoms with Crippen LogP contribution in [0.4, 0.5) is 0 Å². The molecule has 1 saturated heterocycles. The second-order valence-corrected chi connectivity index (χ2v) is 18.1. The molecular weight excluding hydrogens is 825 g/mol. The van der Waals surface area contributed by atoms with Gasteiger partial charge in [-0.2, -0.15) is 8.42 Å². The first-order chi connectivity index (χ1) is 30.6. The largest absolute Gasteiger partial charge is 0.457 e. The number of ether oxygens (including phenoxy) is 4. The van der Waals surface area contributed by atoms with Crippen LogP contribution in [0.5, 0.6) is 0 Å². The Morgan fingerprint density at radius 1 is 0.603 bits per heavy atom. The number of aliphatic hydroxyl groups excluding tert-OH is 3. The molecule has 6 unspecified atom stereocenters. The first kappa shape index (κ1) is 59.1. The van der Waals surface area contributed by atoms with E-state index >= 15 is 0 Å². The van der Waals surface area contributed by atoms with E-state index in [9.17, 15) is 33.1 Å². The first-order valence-electron chi connectivity index (χ1n) is 24.9. The molecule has 0 amide bonds. The minimum atomic E-state index is -5.07. The lowest BCUT2D eigenvalue weighted by molar-refractivity contribution is -0.301. The normalized spacial score (nSPS) is 20.3. The molecule has 13 heteroatoms. The summed E-state index contributed by atoms with van der Waals surface area (Å²) in [5, 5.41) is 30.7. The average Bonchev–Trinajstić information content (AvgIpc) is 3.26. The predicted molar refractivity (Wildman–Crippen MR) is 253 cm³/mol. The molecule has 1 heterocycles. The van der Waals surface area contributed by atoms with Crippen LogP contribution in [-0.2, 0) is 38.3 Å². The van der Waals surface area contributed by atoms with Gasteiger partial charge >= 0.3 is 16.4 Å². The van der Waals surface area contributed by atoms with Crippen molar-refractivity contribution in [3.63, 3.8) is 0 Å². The van der Waals surface area contributed by atoms with Gasteiger partial charge in [0.05, 0.1) is 19.8 Å². The second kappa shape index (κ2) is 41.5. The van der Waals surface area contributed by atoms with Gasteiger partial charge in [-0.25, -0.2) is 4.18 Å². The highest BCUT2D eigenvalue weighted by Crippen LogP contribution is 2.26. The summed E-state index contributed by atoms with van der Waals surface area (Å²) in [6, 6.07) is 0. The van der Waals surface area contributed by atoms with Crippen molar-refractivity contribution in [1.29, 1.82) is 0 Å². The number of allylic oxidation sites excluding steroid dienone is 8. The second-order valence-electron chi connectivity index (χ2n) is 17.0. The fraction of sp³-hybridized carbons (Fsp3) is 0.820. The first-order valence-corrected chi connectivity index (χ1v) is 26.3. The number of unbranched alkanes of at least 4 members (excludes halogenated alkanes) is 22. The predicted octanol–water partition coefficient (Wildman–Crippen LogP) is 11.1. The van der Waals surface area contributed by atoms with Crippen LogP contribution in [0.2, 0.25) is 0 Å². The minimum Gasteiger partial charge on any atom is -0.457 e. The number of hydrogen-bond donors (Lipinski definition) is 4. The molecule has 0 saturated carbocycles. The van der Waals surface area contributed by atoms with Crippen LogP contribution < -0.4 is 0 Å². The standard InChI is InChI=1S/C50H90O12S/c1-3-5-7-9-11-13-15-17-19-21-22-24-26-28-30-32-34-36-38-40-58-42-44(43-59-50-48(54)49(62-63(55,56)57)47(53)45(41-51)61-50)60-46(52)39-37-35-33-31-29-27-25-23-20-18-16-14-12-10-8-6-4-2/h12-15,18-21,44-45,47-51,53-54H,3-11,16-17,22-43H2,1-2H3,(H,55,56,57)/b14-12-,15-13-,20-18-,21-19-. The van der Waals surface area contributed by atoms with Crippen LogP contribution in [0, 0.1) is 0 Å². The van der Waals surface area contributed by atoms with Crippen LogP contribution in [0.25, 0.3) is 0 Å².